The number of hydrogen-bond donors (Lipinski definition) is 2. The maximum Gasteiger partial charge on any atom is 0.0433 e. The van der Waals surface area contributed by atoms with E-state index >= 15 is 0 Å². The van der Waals surface area contributed by atoms with E-state index in [4.69, 9.17) is 10.8 Å². The molecule has 0 aromatic carbocycles. The first-order valence-corrected chi connectivity index (χ1v) is 4.69. The van der Waals surface area contributed by atoms with Crippen molar-refractivity contribution in [2.75, 3.05) is 6.61 Å². The zero-order valence-corrected chi connectivity index (χ0v) is 7.13. The zero-order valence-electron chi connectivity index (χ0n) is 7.13. The van der Waals surface area contributed by atoms with Gasteiger partial charge in [0.2, 0.25) is 0 Å². The van der Waals surface area contributed by atoms with Crippen LogP contribution in [0.25, 0.3) is 0 Å². The van der Waals surface area contributed by atoms with Gasteiger partial charge in [0.15, 0.2) is 0 Å². The fraction of sp³-hybridized carbons (Fsp3) is 1.00. The Morgan fingerprint density at radius 1 is 1.27 bits per heavy atom. The molecule has 2 atom stereocenters. The van der Waals surface area contributed by atoms with Gasteiger partial charge in [0.25, 0.3) is 0 Å². The average molecular weight is 157 g/mol. The lowest BCUT2D eigenvalue weighted by Crippen LogP contribution is -2.21. The number of nitrogens with two attached hydrogens (primary N) is 1. The maximum absolute atomic E-state index is 8.76. The first-order chi connectivity index (χ1) is 5.33. The Bertz CT molecular complexity index is 106. The predicted molar refractivity (Wildman–Crippen MR) is 46.3 cm³/mol. The summed E-state index contributed by atoms with van der Waals surface area (Å²) in [5, 5.41) is 8.76. The van der Waals surface area contributed by atoms with Crippen LogP contribution in [0.15, 0.2) is 0 Å². The summed E-state index contributed by atoms with van der Waals surface area (Å²) in [6.07, 6.45) is 7.12. The molecule has 1 saturated carbocycles. The standard InChI is InChI=1S/C9H19NO/c10-9-4-2-1-3-8(7-9)5-6-11/h8-9,11H,1-7,10H2. The number of rotatable bonds is 2. The van der Waals surface area contributed by atoms with Crippen molar-refractivity contribution >= 4 is 0 Å². The normalized spacial score (nSPS) is 33.3. The SMILES string of the molecule is NC1CCCCC(CCO)C1. The van der Waals surface area contributed by atoms with E-state index in [2.05, 4.69) is 0 Å². The molecule has 3 N–H and O–H groups in total. The molecule has 0 heterocycles. The third-order valence-corrected chi connectivity index (χ3v) is 2.61. The summed E-state index contributed by atoms with van der Waals surface area (Å²) < 4.78 is 0. The summed E-state index contributed by atoms with van der Waals surface area (Å²) in [5.74, 6) is 0.692. The maximum atomic E-state index is 8.76. The fourth-order valence-electron chi connectivity index (χ4n) is 1.95. The van der Waals surface area contributed by atoms with Gasteiger partial charge >= 0.3 is 0 Å². The van der Waals surface area contributed by atoms with Gasteiger partial charge < -0.3 is 10.8 Å². The molecule has 0 aliphatic heterocycles. The molecule has 1 aliphatic carbocycles. The highest BCUT2D eigenvalue weighted by molar-refractivity contribution is 4.72. The van der Waals surface area contributed by atoms with E-state index in [1.54, 1.807) is 0 Å². The van der Waals surface area contributed by atoms with Crippen molar-refractivity contribution in [2.24, 2.45) is 11.7 Å². The minimum absolute atomic E-state index is 0.331. The lowest BCUT2D eigenvalue weighted by atomic mass is 9.95. The van der Waals surface area contributed by atoms with Crippen LogP contribution in [0, 0.1) is 5.92 Å². The molecule has 1 aliphatic rings. The largest absolute Gasteiger partial charge is 0.396 e. The second kappa shape index (κ2) is 4.73. The van der Waals surface area contributed by atoms with Crippen LogP contribution in [-0.2, 0) is 0 Å². The molecule has 1 fully saturated rings. The van der Waals surface area contributed by atoms with Gasteiger partial charge in [0.05, 0.1) is 0 Å². The van der Waals surface area contributed by atoms with Crippen molar-refractivity contribution in [2.45, 2.75) is 44.6 Å². The van der Waals surface area contributed by atoms with Crippen LogP contribution in [-0.4, -0.2) is 17.8 Å². The van der Waals surface area contributed by atoms with Crippen LogP contribution in [0.1, 0.15) is 38.5 Å². The molecule has 2 unspecified atom stereocenters. The summed E-state index contributed by atoms with van der Waals surface area (Å²) in [7, 11) is 0. The van der Waals surface area contributed by atoms with Gasteiger partial charge in [-0.25, -0.2) is 0 Å². The fourth-order valence-corrected chi connectivity index (χ4v) is 1.95. The van der Waals surface area contributed by atoms with Crippen LogP contribution in [0.4, 0.5) is 0 Å². The summed E-state index contributed by atoms with van der Waals surface area (Å²) in [6.45, 7) is 0.331. The second-order valence-corrected chi connectivity index (χ2v) is 3.66. The van der Waals surface area contributed by atoms with Crippen molar-refractivity contribution in [3.8, 4) is 0 Å². The van der Waals surface area contributed by atoms with E-state index in [9.17, 15) is 0 Å². The van der Waals surface area contributed by atoms with E-state index in [1.165, 1.54) is 25.7 Å². The Balaban J connectivity index is 2.27. The Kier molecular flexibility index (Phi) is 3.87. The molecule has 66 valence electrons. The van der Waals surface area contributed by atoms with E-state index in [1.807, 2.05) is 0 Å². The lowest BCUT2D eigenvalue weighted by molar-refractivity contribution is 0.245. The van der Waals surface area contributed by atoms with Gasteiger partial charge in [-0.1, -0.05) is 19.3 Å². The van der Waals surface area contributed by atoms with E-state index < -0.39 is 0 Å². The highest BCUT2D eigenvalue weighted by atomic mass is 16.3. The van der Waals surface area contributed by atoms with Gasteiger partial charge in [-0.3, -0.25) is 0 Å². The minimum Gasteiger partial charge on any atom is -0.396 e. The van der Waals surface area contributed by atoms with Crippen molar-refractivity contribution in [1.29, 1.82) is 0 Å². The van der Waals surface area contributed by atoms with Crippen LogP contribution in [0.5, 0.6) is 0 Å². The molecule has 0 saturated heterocycles. The summed E-state index contributed by atoms with van der Waals surface area (Å²) in [6, 6.07) is 0.397. The van der Waals surface area contributed by atoms with Gasteiger partial charge in [-0.2, -0.15) is 0 Å². The monoisotopic (exact) mass is 157 g/mol. The highest BCUT2D eigenvalue weighted by Crippen LogP contribution is 2.24. The second-order valence-electron chi connectivity index (χ2n) is 3.66. The van der Waals surface area contributed by atoms with Gasteiger partial charge in [-0.05, 0) is 25.2 Å². The van der Waals surface area contributed by atoms with Crippen molar-refractivity contribution in [3.05, 3.63) is 0 Å². The van der Waals surface area contributed by atoms with Crippen LogP contribution in [0.2, 0.25) is 0 Å². The lowest BCUT2D eigenvalue weighted by Gasteiger charge is -2.14. The number of aliphatic hydroxyl groups is 1. The summed E-state index contributed by atoms with van der Waals surface area (Å²) in [5.41, 5.74) is 5.87. The Morgan fingerprint density at radius 3 is 2.73 bits per heavy atom. The Labute approximate surface area is 68.8 Å². The molecule has 1 rings (SSSR count). The Hall–Kier alpha value is -0.0800. The molecule has 0 bridgehead atoms. The summed E-state index contributed by atoms with van der Waals surface area (Å²) >= 11 is 0. The first kappa shape index (κ1) is 9.01. The molecular formula is C9H19NO. The average Bonchev–Trinajstić information content (AvgIpc) is 2.15. The molecule has 2 nitrogen and oxygen atoms in total. The zero-order chi connectivity index (χ0) is 8.10. The molecule has 0 amide bonds. The molecule has 2 heteroatoms. The Morgan fingerprint density at radius 2 is 2.00 bits per heavy atom. The third kappa shape index (κ3) is 3.21. The minimum atomic E-state index is 0.331. The van der Waals surface area contributed by atoms with E-state index in [0.717, 1.165) is 12.8 Å². The first-order valence-electron chi connectivity index (χ1n) is 4.69. The van der Waals surface area contributed by atoms with Crippen LogP contribution < -0.4 is 5.73 Å². The van der Waals surface area contributed by atoms with Crippen molar-refractivity contribution < 1.29 is 5.11 Å². The van der Waals surface area contributed by atoms with Crippen LogP contribution >= 0.6 is 0 Å². The number of hydrogen-bond acceptors (Lipinski definition) is 2. The molecule has 0 aromatic heterocycles. The quantitative estimate of drug-likeness (QED) is 0.593. The highest BCUT2D eigenvalue weighted by Gasteiger charge is 2.16. The van der Waals surface area contributed by atoms with E-state index in [-0.39, 0.29) is 0 Å². The molecule has 0 spiro atoms. The summed E-state index contributed by atoms with van der Waals surface area (Å²) in [4.78, 5) is 0. The van der Waals surface area contributed by atoms with Gasteiger partial charge in [0, 0.05) is 12.6 Å². The van der Waals surface area contributed by atoms with Crippen molar-refractivity contribution in [1.82, 2.24) is 0 Å². The smallest absolute Gasteiger partial charge is 0.0433 e. The molecule has 0 radical (unpaired) electrons. The van der Waals surface area contributed by atoms with Crippen molar-refractivity contribution in [3.63, 3.8) is 0 Å². The molecular weight excluding hydrogens is 138 g/mol. The van der Waals surface area contributed by atoms with Gasteiger partial charge in [-0.15, -0.1) is 0 Å². The molecule has 11 heavy (non-hydrogen) atoms. The number of aliphatic hydroxyl groups excluding tert-OH is 1. The predicted octanol–water partition coefficient (Wildman–Crippen LogP) is 1.28. The topological polar surface area (TPSA) is 46.2 Å². The van der Waals surface area contributed by atoms with Crippen LogP contribution in [0.3, 0.4) is 0 Å². The van der Waals surface area contributed by atoms with E-state index in [0.29, 0.717) is 18.6 Å². The molecule has 0 aromatic rings. The third-order valence-electron chi connectivity index (χ3n) is 2.61. The van der Waals surface area contributed by atoms with Gasteiger partial charge in [0.1, 0.15) is 0 Å².